The molecular formula is C11H13ClN2O. The fourth-order valence-corrected chi connectivity index (χ4v) is 1.54. The van der Waals surface area contributed by atoms with Crippen molar-refractivity contribution in [1.29, 1.82) is 0 Å². The number of amidine groups is 1. The molecule has 0 saturated heterocycles. The van der Waals surface area contributed by atoms with Gasteiger partial charge >= 0.3 is 0 Å². The van der Waals surface area contributed by atoms with E-state index in [0.29, 0.717) is 6.61 Å². The lowest BCUT2D eigenvalue weighted by atomic mass is 10.3. The van der Waals surface area contributed by atoms with E-state index in [4.69, 9.17) is 16.3 Å². The molecule has 0 aliphatic carbocycles. The first-order valence-corrected chi connectivity index (χ1v) is 5.38. The maximum absolute atomic E-state index is 5.76. The van der Waals surface area contributed by atoms with Crippen LogP contribution in [0.25, 0.3) is 0 Å². The SMILES string of the molecule is Clc1ccc(OCCC2=NCCN2)cc1. The van der Waals surface area contributed by atoms with Crippen molar-refractivity contribution in [1.82, 2.24) is 5.32 Å². The van der Waals surface area contributed by atoms with Gasteiger partial charge in [0.05, 0.1) is 19.0 Å². The number of nitrogens with zero attached hydrogens (tertiary/aromatic N) is 1. The van der Waals surface area contributed by atoms with Crippen LogP contribution >= 0.6 is 11.6 Å². The molecule has 0 amide bonds. The van der Waals surface area contributed by atoms with Gasteiger partial charge in [-0.15, -0.1) is 0 Å². The minimum atomic E-state index is 0.646. The third kappa shape index (κ3) is 3.13. The van der Waals surface area contributed by atoms with Crippen LogP contribution in [0.4, 0.5) is 0 Å². The first kappa shape index (κ1) is 10.3. The topological polar surface area (TPSA) is 33.6 Å². The molecule has 0 saturated carbocycles. The van der Waals surface area contributed by atoms with Gasteiger partial charge in [0, 0.05) is 18.0 Å². The Kier molecular flexibility index (Phi) is 3.45. The molecule has 0 bridgehead atoms. The van der Waals surface area contributed by atoms with Crippen molar-refractivity contribution in [3.05, 3.63) is 29.3 Å². The van der Waals surface area contributed by atoms with Crippen LogP contribution in [0.1, 0.15) is 6.42 Å². The van der Waals surface area contributed by atoms with E-state index in [1.165, 1.54) is 0 Å². The number of benzene rings is 1. The number of hydrogen-bond acceptors (Lipinski definition) is 3. The minimum Gasteiger partial charge on any atom is -0.493 e. The third-order valence-corrected chi connectivity index (χ3v) is 2.42. The van der Waals surface area contributed by atoms with E-state index >= 15 is 0 Å². The first-order valence-electron chi connectivity index (χ1n) is 5.00. The van der Waals surface area contributed by atoms with Crippen LogP contribution < -0.4 is 10.1 Å². The average Bonchev–Trinajstić information content (AvgIpc) is 2.74. The molecule has 1 aromatic rings. The van der Waals surface area contributed by atoms with Crippen molar-refractivity contribution in [3.8, 4) is 5.75 Å². The Hall–Kier alpha value is -1.22. The lowest BCUT2D eigenvalue weighted by molar-refractivity contribution is 0.328. The number of hydrogen-bond donors (Lipinski definition) is 1. The van der Waals surface area contributed by atoms with Gasteiger partial charge in [-0.1, -0.05) is 11.6 Å². The van der Waals surface area contributed by atoms with Crippen molar-refractivity contribution in [2.24, 2.45) is 4.99 Å². The van der Waals surface area contributed by atoms with Gasteiger partial charge in [-0.2, -0.15) is 0 Å². The molecule has 80 valence electrons. The molecule has 1 aliphatic rings. The minimum absolute atomic E-state index is 0.646. The van der Waals surface area contributed by atoms with Crippen molar-refractivity contribution >= 4 is 17.4 Å². The zero-order valence-corrected chi connectivity index (χ0v) is 9.13. The molecule has 0 radical (unpaired) electrons. The second-order valence-electron chi connectivity index (χ2n) is 3.31. The highest BCUT2D eigenvalue weighted by Gasteiger charge is 2.04. The number of ether oxygens (including phenoxy) is 1. The second kappa shape index (κ2) is 5.03. The molecule has 4 heteroatoms. The van der Waals surface area contributed by atoms with Crippen LogP contribution in [0.5, 0.6) is 5.75 Å². The van der Waals surface area contributed by atoms with E-state index in [1.807, 2.05) is 24.3 Å². The molecule has 15 heavy (non-hydrogen) atoms. The lowest BCUT2D eigenvalue weighted by Crippen LogP contribution is -2.20. The largest absolute Gasteiger partial charge is 0.493 e. The molecule has 1 aliphatic heterocycles. The zero-order valence-electron chi connectivity index (χ0n) is 8.37. The van der Waals surface area contributed by atoms with E-state index in [2.05, 4.69) is 10.3 Å². The third-order valence-electron chi connectivity index (χ3n) is 2.16. The van der Waals surface area contributed by atoms with Crippen LogP contribution in [0.2, 0.25) is 5.02 Å². The van der Waals surface area contributed by atoms with Crippen LogP contribution in [0, 0.1) is 0 Å². The fourth-order valence-electron chi connectivity index (χ4n) is 1.41. The molecule has 3 nitrogen and oxygen atoms in total. The van der Waals surface area contributed by atoms with Gasteiger partial charge < -0.3 is 10.1 Å². The van der Waals surface area contributed by atoms with E-state index in [-0.39, 0.29) is 0 Å². The van der Waals surface area contributed by atoms with E-state index in [1.54, 1.807) is 0 Å². The first-order chi connectivity index (χ1) is 7.34. The maximum atomic E-state index is 5.76. The number of rotatable bonds is 4. The highest BCUT2D eigenvalue weighted by atomic mass is 35.5. The number of nitrogens with one attached hydrogen (secondary N) is 1. The molecule has 0 atom stereocenters. The van der Waals surface area contributed by atoms with Crippen LogP contribution in [0.15, 0.2) is 29.3 Å². The summed E-state index contributed by atoms with van der Waals surface area (Å²) in [7, 11) is 0. The average molecular weight is 225 g/mol. The van der Waals surface area contributed by atoms with E-state index in [0.717, 1.165) is 36.1 Å². The number of halogens is 1. The van der Waals surface area contributed by atoms with Crippen molar-refractivity contribution < 1.29 is 4.74 Å². The highest BCUT2D eigenvalue weighted by Crippen LogP contribution is 2.15. The predicted octanol–water partition coefficient (Wildman–Crippen LogP) is 2.11. The Balaban J connectivity index is 1.75. The summed E-state index contributed by atoms with van der Waals surface area (Å²) in [5.74, 6) is 1.89. The Morgan fingerprint density at radius 3 is 2.80 bits per heavy atom. The Labute approximate surface area is 94.1 Å². The molecule has 0 aromatic heterocycles. The summed E-state index contributed by atoms with van der Waals surface area (Å²) in [6.45, 7) is 2.49. The molecule has 0 spiro atoms. The van der Waals surface area contributed by atoms with Crippen LogP contribution in [0.3, 0.4) is 0 Å². The van der Waals surface area contributed by atoms with Gasteiger partial charge in [0.2, 0.25) is 0 Å². The summed E-state index contributed by atoms with van der Waals surface area (Å²) in [5.41, 5.74) is 0. The lowest BCUT2D eigenvalue weighted by Gasteiger charge is -2.06. The molecule has 1 aromatic carbocycles. The monoisotopic (exact) mass is 224 g/mol. The van der Waals surface area contributed by atoms with Gasteiger partial charge in [0.1, 0.15) is 5.75 Å². The molecule has 0 unspecified atom stereocenters. The van der Waals surface area contributed by atoms with Gasteiger partial charge in [-0.3, -0.25) is 4.99 Å². The highest BCUT2D eigenvalue weighted by molar-refractivity contribution is 6.30. The van der Waals surface area contributed by atoms with Gasteiger partial charge in [-0.05, 0) is 24.3 Å². The van der Waals surface area contributed by atoms with Crippen molar-refractivity contribution in [3.63, 3.8) is 0 Å². The summed E-state index contributed by atoms with van der Waals surface area (Å²) in [6.07, 6.45) is 0.836. The van der Waals surface area contributed by atoms with E-state index in [9.17, 15) is 0 Å². The van der Waals surface area contributed by atoms with Gasteiger partial charge in [-0.25, -0.2) is 0 Å². The zero-order chi connectivity index (χ0) is 10.5. The molecule has 0 fully saturated rings. The Morgan fingerprint density at radius 2 is 2.13 bits per heavy atom. The summed E-state index contributed by atoms with van der Waals surface area (Å²) in [4.78, 5) is 4.29. The standard InChI is InChI=1S/C11H13ClN2O/c12-9-1-3-10(4-2-9)15-8-5-11-13-6-7-14-11/h1-4H,5-8H2,(H,13,14). The smallest absolute Gasteiger partial charge is 0.119 e. The van der Waals surface area contributed by atoms with Crippen LogP contribution in [-0.2, 0) is 0 Å². The second-order valence-corrected chi connectivity index (χ2v) is 3.74. The van der Waals surface area contributed by atoms with E-state index < -0.39 is 0 Å². The van der Waals surface area contributed by atoms with Crippen molar-refractivity contribution in [2.45, 2.75) is 6.42 Å². The van der Waals surface area contributed by atoms with Crippen LogP contribution in [-0.4, -0.2) is 25.5 Å². The summed E-state index contributed by atoms with van der Waals surface area (Å²) in [5, 5.41) is 3.93. The quantitative estimate of drug-likeness (QED) is 0.850. The molecule has 2 rings (SSSR count). The normalized spacial score (nSPS) is 14.6. The van der Waals surface area contributed by atoms with Crippen molar-refractivity contribution in [2.75, 3.05) is 19.7 Å². The Morgan fingerprint density at radius 1 is 1.33 bits per heavy atom. The number of aliphatic imine (C=N–C) groups is 1. The van der Waals surface area contributed by atoms with Gasteiger partial charge in [0.25, 0.3) is 0 Å². The molecular weight excluding hydrogens is 212 g/mol. The fraction of sp³-hybridized carbons (Fsp3) is 0.364. The predicted molar refractivity (Wildman–Crippen MR) is 61.9 cm³/mol. The summed E-state index contributed by atoms with van der Waals surface area (Å²) in [6, 6.07) is 7.38. The summed E-state index contributed by atoms with van der Waals surface area (Å²) >= 11 is 5.76. The molecule has 1 N–H and O–H groups in total. The summed E-state index contributed by atoms with van der Waals surface area (Å²) < 4.78 is 5.54. The Bertz CT molecular complexity index is 348. The maximum Gasteiger partial charge on any atom is 0.119 e. The van der Waals surface area contributed by atoms with Gasteiger partial charge in [0.15, 0.2) is 0 Å². The molecule has 1 heterocycles.